The highest BCUT2D eigenvalue weighted by atomic mass is 16.7. The topological polar surface area (TPSA) is 22.8 Å². The van der Waals surface area contributed by atoms with Crippen molar-refractivity contribution in [3.63, 3.8) is 0 Å². The second-order valence-corrected chi connectivity index (χ2v) is 4.59. The molecule has 1 rings (SSSR count). The van der Waals surface area contributed by atoms with Crippen molar-refractivity contribution in [1.29, 1.82) is 0 Å². The van der Waals surface area contributed by atoms with Crippen molar-refractivity contribution in [3.8, 4) is 5.75 Å². The Balaban J connectivity index is 3.04. The molecule has 0 bridgehead atoms. The summed E-state index contributed by atoms with van der Waals surface area (Å²) in [4.78, 5) is 3.53. The molecule has 0 unspecified atom stereocenters. The van der Waals surface area contributed by atoms with E-state index in [1.54, 1.807) is 13.2 Å². The van der Waals surface area contributed by atoms with Crippen LogP contribution in [0.25, 0.3) is 4.85 Å². The third kappa shape index (κ3) is 2.98. The van der Waals surface area contributed by atoms with E-state index in [0.717, 1.165) is 5.56 Å². The molecule has 86 valence electrons. The quantitative estimate of drug-likeness (QED) is 0.573. The van der Waals surface area contributed by atoms with Gasteiger partial charge in [-0.15, -0.1) is 0 Å². The molecule has 0 saturated heterocycles. The number of methoxy groups -OCH3 is 1. The minimum absolute atomic E-state index is 0.0281. The molecule has 0 spiro atoms. The van der Waals surface area contributed by atoms with Crippen molar-refractivity contribution in [3.05, 3.63) is 35.2 Å². The van der Waals surface area contributed by atoms with Crippen molar-refractivity contribution in [2.24, 2.45) is 0 Å². The van der Waals surface area contributed by atoms with E-state index < -0.39 is 0 Å². The van der Waals surface area contributed by atoms with Crippen LogP contribution in [0.4, 0.5) is 5.69 Å². The number of ether oxygens (including phenoxy) is 2. The molecular formula is C13H17NO2. The molecule has 0 aromatic heterocycles. The zero-order chi connectivity index (χ0) is 12.2. The number of benzene rings is 1. The Morgan fingerprint density at radius 3 is 2.50 bits per heavy atom. The van der Waals surface area contributed by atoms with Gasteiger partial charge >= 0.3 is 0 Å². The molecule has 0 heterocycles. The Hall–Kier alpha value is -1.53. The van der Waals surface area contributed by atoms with Gasteiger partial charge < -0.3 is 9.47 Å². The van der Waals surface area contributed by atoms with Gasteiger partial charge in [-0.2, -0.15) is 0 Å². The van der Waals surface area contributed by atoms with Gasteiger partial charge in [0.2, 0.25) is 0 Å². The first kappa shape index (κ1) is 12.5. The molecule has 0 amide bonds. The van der Waals surface area contributed by atoms with Crippen molar-refractivity contribution in [1.82, 2.24) is 0 Å². The van der Waals surface area contributed by atoms with E-state index in [2.05, 4.69) is 25.6 Å². The van der Waals surface area contributed by atoms with Gasteiger partial charge in [-0.25, -0.2) is 4.85 Å². The van der Waals surface area contributed by atoms with E-state index in [9.17, 15) is 0 Å². The van der Waals surface area contributed by atoms with Crippen LogP contribution in [0, 0.1) is 6.57 Å². The maximum absolute atomic E-state index is 7.18. The van der Waals surface area contributed by atoms with Gasteiger partial charge in [0.05, 0.1) is 6.57 Å². The highest BCUT2D eigenvalue weighted by Crippen LogP contribution is 2.34. The van der Waals surface area contributed by atoms with E-state index >= 15 is 0 Å². The van der Waals surface area contributed by atoms with Crippen LogP contribution in [0.5, 0.6) is 5.75 Å². The predicted molar refractivity (Wildman–Crippen MR) is 63.9 cm³/mol. The Bertz CT molecular complexity index is 399. The van der Waals surface area contributed by atoms with Gasteiger partial charge in [-0.05, 0) is 23.1 Å². The van der Waals surface area contributed by atoms with Gasteiger partial charge in [-0.3, -0.25) is 0 Å². The summed E-state index contributed by atoms with van der Waals surface area (Å²) in [6.45, 7) is 13.6. The van der Waals surface area contributed by atoms with Gasteiger partial charge in [0.1, 0.15) is 5.75 Å². The summed E-state index contributed by atoms with van der Waals surface area (Å²) >= 11 is 0. The Morgan fingerprint density at radius 2 is 2.00 bits per heavy atom. The fraction of sp³-hybridized carbons (Fsp3) is 0.462. The third-order valence-corrected chi connectivity index (χ3v) is 2.24. The van der Waals surface area contributed by atoms with E-state index in [0.29, 0.717) is 11.4 Å². The van der Waals surface area contributed by atoms with Crippen molar-refractivity contribution in [2.75, 3.05) is 13.9 Å². The third-order valence-electron chi connectivity index (χ3n) is 2.24. The predicted octanol–water partition coefficient (Wildman–Crippen LogP) is 3.52. The first-order chi connectivity index (χ1) is 7.49. The van der Waals surface area contributed by atoms with Gasteiger partial charge in [-0.1, -0.05) is 26.8 Å². The molecule has 0 atom stereocenters. The summed E-state index contributed by atoms with van der Waals surface area (Å²) < 4.78 is 10.1. The molecule has 3 heteroatoms. The first-order valence-electron chi connectivity index (χ1n) is 5.12. The van der Waals surface area contributed by atoms with Crippen LogP contribution in [-0.2, 0) is 10.2 Å². The fourth-order valence-electron chi connectivity index (χ4n) is 1.45. The molecule has 1 aromatic carbocycles. The number of hydrogen-bond acceptors (Lipinski definition) is 2. The summed E-state index contributed by atoms with van der Waals surface area (Å²) in [5.41, 5.74) is 1.65. The van der Waals surface area contributed by atoms with E-state index in [-0.39, 0.29) is 12.2 Å². The lowest BCUT2D eigenvalue weighted by molar-refractivity contribution is 0.0511. The van der Waals surface area contributed by atoms with Crippen LogP contribution in [0.15, 0.2) is 18.2 Å². The summed E-state index contributed by atoms with van der Waals surface area (Å²) in [7, 11) is 1.57. The molecule has 16 heavy (non-hydrogen) atoms. The van der Waals surface area contributed by atoms with Crippen molar-refractivity contribution in [2.45, 2.75) is 26.2 Å². The lowest BCUT2D eigenvalue weighted by atomic mass is 9.86. The molecule has 0 saturated carbocycles. The average Bonchev–Trinajstić information content (AvgIpc) is 2.24. The minimum atomic E-state index is -0.0281. The second kappa shape index (κ2) is 5.00. The highest BCUT2D eigenvalue weighted by Gasteiger charge is 2.18. The maximum atomic E-state index is 7.18. The van der Waals surface area contributed by atoms with Crippen molar-refractivity contribution >= 4 is 5.69 Å². The molecule has 0 N–H and O–H groups in total. The zero-order valence-corrected chi connectivity index (χ0v) is 10.2. The molecule has 0 aliphatic rings. The van der Waals surface area contributed by atoms with Crippen LogP contribution in [0.3, 0.4) is 0 Å². The fourth-order valence-corrected chi connectivity index (χ4v) is 1.45. The number of rotatable bonds is 3. The molecular weight excluding hydrogens is 202 g/mol. The van der Waals surface area contributed by atoms with Crippen LogP contribution < -0.4 is 4.74 Å². The summed E-state index contributed by atoms with van der Waals surface area (Å²) in [5.74, 6) is 0.667. The normalized spacial score (nSPS) is 10.9. The Labute approximate surface area is 96.8 Å². The highest BCUT2D eigenvalue weighted by molar-refractivity contribution is 5.58. The molecule has 0 radical (unpaired) electrons. The standard InChI is InChI=1S/C13H17NO2/c1-13(2,3)11-7-6-10(16-9-15-5)8-12(11)14-4/h6-8H,9H2,1-3,5H3. The van der Waals surface area contributed by atoms with Gasteiger partial charge in [0.25, 0.3) is 0 Å². The molecule has 0 aliphatic carbocycles. The lowest BCUT2D eigenvalue weighted by Crippen LogP contribution is -2.11. The van der Waals surface area contributed by atoms with Gasteiger partial charge in [0, 0.05) is 7.11 Å². The largest absolute Gasteiger partial charge is 0.469 e. The van der Waals surface area contributed by atoms with Gasteiger partial charge in [0.15, 0.2) is 12.5 Å². The SMILES string of the molecule is [C-]#[N+]c1cc(OCOC)ccc1C(C)(C)C. The average molecular weight is 219 g/mol. The molecule has 0 fully saturated rings. The van der Waals surface area contributed by atoms with Crippen LogP contribution in [0.1, 0.15) is 26.3 Å². The Morgan fingerprint density at radius 1 is 1.31 bits per heavy atom. The summed E-state index contributed by atoms with van der Waals surface area (Å²) in [5, 5.41) is 0. The van der Waals surface area contributed by atoms with Crippen molar-refractivity contribution < 1.29 is 9.47 Å². The first-order valence-corrected chi connectivity index (χ1v) is 5.12. The monoisotopic (exact) mass is 219 g/mol. The lowest BCUT2D eigenvalue weighted by Gasteiger charge is -2.21. The van der Waals surface area contributed by atoms with Crippen LogP contribution in [-0.4, -0.2) is 13.9 Å². The van der Waals surface area contributed by atoms with E-state index in [1.807, 2.05) is 12.1 Å². The number of hydrogen-bond donors (Lipinski definition) is 0. The minimum Gasteiger partial charge on any atom is -0.469 e. The van der Waals surface area contributed by atoms with E-state index in [1.165, 1.54) is 0 Å². The molecule has 3 nitrogen and oxygen atoms in total. The Kier molecular flexibility index (Phi) is 3.92. The molecule has 1 aromatic rings. The van der Waals surface area contributed by atoms with Crippen LogP contribution in [0.2, 0.25) is 0 Å². The maximum Gasteiger partial charge on any atom is 0.194 e. The molecule has 0 aliphatic heterocycles. The van der Waals surface area contributed by atoms with Crippen LogP contribution >= 0.6 is 0 Å². The summed E-state index contributed by atoms with van der Waals surface area (Å²) in [6.07, 6.45) is 0. The van der Waals surface area contributed by atoms with E-state index in [4.69, 9.17) is 16.0 Å². The number of nitrogens with zero attached hydrogens (tertiary/aromatic N) is 1. The second-order valence-electron chi connectivity index (χ2n) is 4.59. The summed E-state index contributed by atoms with van der Waals surface area (Å²) in [6, 6.07) is 5.57. The zero-order valence-electron chi connectivity index (χ0n) is 10.2. The smallest absolute Gasteiger partial charge is 0.194 e.